The van der Waals surface area contributed by atoms with Gasteiger partial charge in [0, 0.05) is 12.1 Å². The summed E-state index contributed by atoms with van der Waals surface area (Å²) in [6.07, 6.45) is 9.82. The molecule has 1 saturated carbocycles. The molecule has 18 heavy (non-hydrogen) atoms. The van der Waals surface area contributed by atoms with Crippen molar-refractivity contribution >= 4 is 0 Å². The Hall–Kier alpha value is -0.820. The second-order valence-corrected chi connectivity index (χ2v) is 5.84. The second-order valence-electron chi connectivity index (χ2n) is 5.84. The first-order valence-electron chi connectivity index (χ1n) is 7.58. The molecule has 1 fully saturated rings. The van der Waals surface area contributed by atoms with Crippen LogP contribution in [0.15, 0.2) is 24.3 Å². The summed E-state index contributed by atoms with van der Waals surface area (Å²) < 4.78 is 0. The highest BCUT2D eigenvalue weighted by Gasteiger charge is 2.14. The first kappa shape index (κ1) is 13.6. The molecule has 1 heteroatoms. The zero-order valence-corrected chi connectivity index (χ0v) is 11.9. The molecular formula is C17H27N. The average molecular weight is 245 g/mol. The van der Waals surface area contributed by atoms with E-state index in [0.29, 0.717) is 6.04 Å². The number of aryl methyl sites for hydroxylation is 1. The summed E-state index contributed by atoms with van der Waals surface area (Å²) in [6.45, 7) is 4.47. The van der Waals surface area contributed by atoms with Gasteiger partial charge < -0.3 is 5.32 Å². The van der Waals surface area contributed by atoms with Crippen LogP contribution in [0.4, 0.5) is 0 Å². The Labute approximate surface area is 112 Å². The van der Waals surface area contributed by atoms with Crippen LogP contribution in [-0.2, 0) is 0 Å². The number of benzene rings is 1. The molecule has 1 aromatic rings. The lowest BCUT2D eigenvalue weighted by Crippen LogP contribution is -2.32. The minimum Gasteiger partial charge on any atom is -0.307 e. The molecule has 1 nitrogen and oxygen atoms in total. The Morgan fingerprint density at radius 2 is 1.72 bits per heavy atom. The maximum Gasteiger partial charge on any atom is 0.0294 e. The van der Waals surface area contributed by atoms with E-state index in [1.54, 1.807) is 0 Å². The zero-order chi connectivity index (χ0) is 12.8. The first-order chi connectivity index (χ1) is 8.75. The van der Waals surface area contributed by atoms with Crippen molar-refractivity contribution in [3.05, 3.63) is 35.4 Å². The van der Waals surface area contributed by atoms with E-state index in [4.69, 9.17) is 0 Å². The fourth-order valence-electron chi connectivity index (χ4n) is 3.01. The van der Waals surface area contributed by atoms with E-state index >= 15 is 0 Å². The molecule has 2 rings (SSSR count). The summed E-state index contributed by atoms with van der Waals surface area (Å²) in [5.41, 5.74) is 2.79. The average Bonchev–Trinajstić information content (AvgIpc) is 2.32. The fraction of sp³-hybridized carbons (Fsp3) is 0.647. The van der Waals surface area contributed by atoms with E-state index < -0.39 is 0 Å². The highest BCUT2D eigenvalue weighted by atomic mass is 14.9. The molecule has 0 spiro atoms. The minimum absolute atomic E-state index is 0.481. The third-order valence-corrected chi connectivity index (χ3v) is 4.13. The zero-order valence-electron chi connectivity index (χ0n) is 11.9. The van der Waals surface area contributed by atoms with Gasteiger partial charge in [-0.3, -0.25) is 0 Å². The third-order valence-electron chi connectivity index (χ3n) is 4.13. The molecule has 1 aliphatic carbocycles. The predicted octanol–water partition coefficient (Wildman–Crippen LogP) is 4.76. The van der Waals surface area contributed by atoms with Crippen molar-refractivity contribution in [1.82, 2.24) is 5.32 Å². The minimum atomic E-state index is 0.481. The standard InChI is InChI=1S/C17H27N/c1-14-9-8-10-16(13-14)15(2)18-17-11-6-4-3-5-7-12-17/h8-10,13,15,17-18H,3-7,11-12H2,1-2H3. The third kappa shape index (κ3) is 4.13. The Kier molecular flexibility index (Phi) is 5.25. The van der Waals surface area contributed by atoms with Gasteiger partial charge in [-0.05, 0) is 32.3 Å². The van der Waals surface area contributed by atoms with Crippen molar-refractivity contribution in [1.29, 1.82) is 0 Å². The van der Waals surface area contributed by atoms with Gasteiger partial charge in [-0.1, -0.05) is 61.9 Å². The summed E-state index contributed by atoms with van der Waals surface area (Å²) in [7, 11) is 0. The monoisotopic (exact) mass is 245 g/mol. The topological polar surface area (TPSA) is 12.0 Å². The molecule has 0 aliphatic heterocycles. The number of nitrogens with one attached hydrogen (secondary N) is 1. The van der Waals surface area contributed by atoms with Gasteiger partial charge >= 0.3 is 0 Å². The number of rotatable bonds is 3. The van der Waals surface area contributed by atoms with Gasteiger partial charge in [-0.15, -0.1) is 0 Å². The Bertz CT molecular complexity index is 350. The van der Waals surface area contributed by atoms with E-state index in [1.807, 2.05) is 0 Å². The lowest BCUT2D eigenvalue weighted by atomic mass is 9.95. The molecule has 1 aliphatic rings. The molecule has 0 heterocycles. The number of hydrogen-bond donors (Lipinski definition) is 1. The van der Waals surface area contributed by atoms with Gasteiger partial charge in [0.05, 0.1) is 0 Å². The van der Waals surface area contributed by atoms with Gasteiger partial charge in [0.15, 0.2) is 0 Å². The van der Waals surface area contributed by atoms with Crippen LogP contribution in [0.5, 0.6) is 0 Å². The lowest BCUT2D eigenvalue weighted by Gasteiger charge is -2.25. The molecule has 1 unspecified atom stereocenters. The maximum absolute atomic E-state index is 3.83. The van der Waals surface area contributed by atoms with Gasteiger partial charge in [-0.25, -0.2) is 0 Å². The summed E-state index contributed by atoms with van der Waals surface area (Å²) >= 11 is 0. The van der Waals surface area contributed by atoms with Crippen LogP contribution >= 0.6 is 0 Å². The predicted molar refractivity (Wildman–Crippen MR) is 78.8 cm³/mol. The Morgan fingerprint density at radius 3 is 2.39 bits per heavy atom. The lowest BCUT2D eigenvalue weighted by molar-refractivity contribution is 0.362. The van der Waals surface area contributed by atoms with Crippen LogP contribution in [0.25, 0.3) is 0 Å². The van der Waals surface area contributed by atoms with Crippen molar-refractivity contribution in [2.75, 3.05) is 0 Å². The van der Waals surface area contributed by atoms with Crippen molar-refractivity contribution in [3.8, 4) is 0 Å². The Morgan fingerprint density at radius 1 is 1.06 bits per heavy atom. The highest BCUT2D eigenvalue weighted by Crippen LogP contribution is 2.21. The van der Waals surface area contributed by atoms with Crippen molar-refractivity contribution in [3.63, 3.8) is 0 Å². The molecule has 0 saturated heterocycles. The van der Waals surface area contributed by atoms with E-state index in [2.05, 4.69) is 43.4 Å². The van der Waals surface area contributed by atoms with Crippen LogP contribution in [0.1, 0.15) is 69.0 Å². The molecule has 1 N–H and O–H groups in total. The molecule has 100 valence electrons. The van der Waals surface area contributed by atoms with Gasteiger partial charge in [0.25, 0.3) is 0 Å². The van der Waals surface area contributed by atoms with Crippen molar-refractivity contribution < 1.29 is 0 Å². The summed E-state index contributed by atoms with van der Waals surface area (Å²) in [5, 5.41) is 3.83. The van der Waals surface area contributed by atoms with Gasteiger partial charge in [-0.2, -0.15) is 0 Å². The van der Waals surface area contributed by atoms with Crippen LogP contribution < -0.4 is 5.32 Å². The molecule has 1 aromatic carbocycles. The largest absolute Gasteiger partial charge is 0.307 e. The van der Waals surface area contributed by atoms with E-state index in [-0.39, 0.29) is 0 Å². The number of hydrogen-bond acceptors (Lipinski definition) is 1. The fourth-order valence-corrected chi connectivity index (χ4v) is 3.01. The second kappa shape index (κ2) is 6.94. The maximum atomic E-state index is 3.83. The molecular weight excluding hydrogens is 218 g/mol. The summed E-state index contributed by atoms with van der Waals surface area (Å²) in [5.74, 6) is 0. The van der Waals surface area contributed by atoms with Crippen LogP contribution in [0.3, 0.4) is 0 Å². The van der Waals surface area contributed by atoms with E-state index in [9.17, 15) is 0 Å². The van der Waals surface area contributed by atoms with E-state index in [0.717, 1.165) is 6.04 Å². The van der Waals surface area contributed by atoms with E-state index in [1.165, 1.54) is 56.1 Å². The molecule has 1 atom stereocenters. The van der Waals surface area contributed by atoms with Gasteiger partial charge in [0.2, 0.25) is 0 Å². The SMILES string of the molecule is Cc1cccc(C(C)NC2CCCCCCC2)c1. The smallest absolute Gasteiger partial charge is 0.0294 e. The first-order valence-corrected chi connectivity index (χ1v) is 7.58. The van der Waals surface area contributed by atoms with Gasteiger partial charge in [0.1, 0.15) is 0 Å². The Balaban J connectivity index is 1.90. The molecule has 0 bridgehead atoms. The highest BCUT2D eigenvalue weighted by molar-refractivity contribution is 5.24. The summed E-state index contributed by atoms with van der Waals surface area (Å²) in [6, 6.07) is 10.1. The quantitative estimate of drug-likeness (QED) is 0.809. The van der Waals surface area contributed by atoms with Crippen LogP contribution in [0.2, 0.25) is 0 Å². The molecule has 0 amide bonds. The molecule has 0 radical (unpaired) electrons. The van der Waals surface area contributed by atoms with Crippen molar-refractivity contribution in [2.45, 2.75) is 70.9 Å². The van der Waals surface area contributed by atoms with Crippen molar-refractivity contribution in [2.24, 2.45) is 0 Å². The summed E-state index contributed by atoms with van der Waals surface area (Å²) in [4.78, 5) is 0. The normalized spacial score (nSPS) is 20.1. The molecule has 0 aromatic heterocycles. The van der Waals surface area contributed by atoms with Crippen LogP contribution in [0, 0.1) is 6.92 Å². The van der Waals surface area contributed by atoms with Crippen LogP contribution in [-0.4, -0.2) is 6.04 Å².